The average Bonchev–Trinajstić information content (AvgIpc) is 3.31. The first-order chi connectivity index (χ1) is 9.83. The molecule has 2 fully saturated rings. The van der Waals surface area contributed by atoms with Gasteiger partial charge in [-0.05, 0) is 36.5 Å². The monoisotopic (exact) mass is 294 g/mol. The van der Waals surface area contributed by atoms with Crippen molar-refractivity contribution in [3.63, 3.8) is 0 Å². The summed E-state index contributed by atoms with van der Waals surface area (Å²) in [5, 5.41) is 4.56. The van der Waals surface area contributed by atoms with E-state index in [4.69, 9.17) is 16.3 Å². The highest BCUT2D eigenvalue weighted by Crippen LogP contribution is 2.41. The van der Waals surface area contributed by atoms with Gasteiger partial charge in [0.2, 0.25) is 0 Å². The van der Waals surface area contributed by atoms with Gasteiger partial charge >= 0.3 is 0 Å². The number of nitrogens with zero attached hydrogens (tertiary/aromatic N) is 1. The third-order valence-corrected chi connectivity index (χ3v) is 4.47. The van der Waals surface area contributed by atoms with Gasteiger partial charge in [0.05, 0.1) is 13.2 Å². The molecule has 0 aromatic heterocycles. The number of hydrogen-bond donors (Lipinski definition) is 1. The van der Waals surface area contributed by atoms with Crippen molar-refractivity contribution in [3.8, 4) is 0 Å². The van der Waals surface area contributed by atoms with E-state index in [1.807, 2.05) is 12.1 Å². The van der Waals surface area contributed by atoms with Gasteiger partial charge in [-0.2, -0.15) is 0 Å². The molecule has 0 amide bonds. The zero-order valence-corrected chi connectivity index (χ0v) is 12.6. The Morgan fingerprint density at radius 1 is 1.20 bits per heavy atom. The molecule has 110 valence electrons. The molecule has 1 aromatic carbocycles. The van der Waals surface area contributed by atoms with Crippen LogP contribution in [0.25, 0.3) is 0 Å². The van der Waals surface area contributed by atoms with E-state index >= 15 is 0 Å². The van der Waals surface area contributed by atoms with Gasteiger partial charge in [-0.25, -0.2) is 0 Å². The maximum Gasteiger partial charge on any atom is 0.0594 e. The lowest BCUT2D eigenvalue weighted by molar-refractivity contribution is 0.0380. The van der Waals surface area contributed by atoms with Crippen LogP contribution in [0.2, 0.25) is 5.02 Å². The van der Waals surface area contributed by atoms with Crippen LogP contribution in [0, 0.1) is 5.92 Å². The summed E-state index contributed by atoms with van der Waals surface area (Å²) in [6, 6.07) is 8.81. The second-order valence-electron chi connectivity index (χ2n) is 5.77. The fourth-order valence-electron chi connectivity index (χ4n) is 2.86. The minimum absolute atomic E-state index is 0.494. The molecule has 0 bridgehead atoms. The topological polar surface area (TPSA) is 24.5 Å². The van der Waals surface area contributed by atoms with E-state index in [-0.39, 0.29) is 0 Å². The van der Waals surface area contributed by atoms with Gasteiger partial charge in [0.15, 0.2) is 0 Å². The lowest BCUT2D eigenvalue weighted by atomic mass is 10.0. The van der Waals surface area contributed by atoms with Crippen LogP contribution in [0.15, 0.2) is 24.3 Å². The van der Waals surface area contributed by atoms with Gasteiger partial charge < -0.3 is 10.1 Å². The Bertz CT molecular complexity index is 413. The number of morpholine rings is 1. The molecule has 1 aromatic rings. The van der Waals surface area contributed by atoms with E-state index in [2.05, 4.69) is 22.3 Å². The van der Waals surface area contributed by atoms with Crippen LogP contribution in [-0.2, 0) is 4.74 Å². The van der Waals surface area contributed by atoms with Crippen LogP contribution in [-0.4, -0.2) is 44.3 Å². The fourth-order valence-corrected chi connectivity index (χ4v) is 2.99. The molecule has 0 spiro atoms. The minimum atomic E-state index is 0.494. The predicted octanol–water partition coefficient (Wildman–Crippen LogP) is 2.71. The van der Waals surface area contributed by atoms with E-state index < -0.39 is 0 Å². The maximum absolute atomic E-state index is 5.98. The standard InChI is InChI=1S/C16H23ClN2O/c17-15-5-3-14(4-6-15)16(13-1-2-13)18-7-8-19-9-11-20-12-10-19/h3-6,13,16,18H,1-2,7-12H2. The summed E-state index contributed by atoms with van der Waals surface area (Å²) < 4.78 is 5.38. The fraction of sp³-hybridized carbons (Fsp3) is 0.625. The lowest BCUT2D eigenvalue weighted by Crippen LogP contribution is -2.41. The van der Waals surface area contributed by atoms with Crippen LogP contribution in [0.5, 0.6) is 0 Å². The molecule has 1 saturated heterocycles. The van der Waals surface area contributed by atoms with Crippen molar-refractivity contribution >= 4 is 11.6 Å². The second kappa shape index (κ2) is 6.90. The zero-order chi connectivity index (χ0) is 13.8. The van der Waals surface area contributed by atoms with Crippen LogP contribution in [0.1, 0.15) is 24.4 Å². The number of ether oxygens (including phenoxy) is 1. The minimum Gasteiger partial charge on any atom is -0.379 e. The van der Waals surface area contributed by atoms with Crippen molar-refractivity contribution in [2.75, 3.05) is 39.4 Å². The van der Waals surface area contributed by atoms with Gasteiger partial charge in [0, 0.05) is 37.2 Å². The molecule has 3 nitrogen and oxygen atoms in total. The van der Waals surface area contributed by atoms with Crippen LogP contribution in [0.3, 0.4) is 0 Å². The Morgan fingerprint density at radius 3 is 2.55 bits per heavy atom. The quantitative estimate of drug-likeness (QED) is 0.873. The predicted molar refractivity (Wildman–Crippen MR) is 82.2 cm³/mol. The molecule has 1 N–H and O–H groups in total. The molecule has 4 heteroatoms. The summed E-state index contributed by atoms with van der Waals surface area (Å²) in [4.78, 5) is 2.47. The molecular weight excluding hydrogens is 272 g/mol. The Morgan fingerprint density at radius 2 is 1.90 bits per heavy atom. The van der Waals surface area contributed by atoms with E-state index in [1.54, 1.807) is 0 Å². The smallest absolute Gasteiger partial charge is 0.0594 e. The number of benzene rings is 1. The molecule has 1 unspecified atom stereocenters. The van der Waals surface area contributed by atoms with E-state index in [9.17, 15) is 0 Å². The molecule has 1 saturated carbocycles. The van der Waals surface area contributed by atoms with Crippen molar-refractivity contribution in [1.29, 1.82) is 0 Å². The molecule has 3 rings (SSSR count). The van der Waals surface area contributed by atoms with E-state index in [0.717, 1.165) is 50.3 Å². The van der Waals surface area contributed by atoms with E-state index in [1.165, 1.54) is 18.4 Å². The Hall–Kier alpha value is -0.610. The van der Waals surface area contributed by atoms with Gasteiger partial charge in [-0.15, -0.1) is 0 Å². The van der Waals surface area contributed by atoms with Crippen LogP contribution < -0.4 is 5.32 Å². The van der Waals surface area contributed by atoms with Crippen molar-refractivity contribution in [2.24, 2.45) is 5.92 Å². The third-order valence-electron chi connectivity index (χ3n) is 4.22. The first-order valence-electron chi connectivity index (χ1n) is 7.62. The Kier molecular flexibility index (Phi) is 4.94. The van der Waals surface area contributed by atoms with E-state index in [0.29, 0.717) is 6.04 Å². The summed E-state index contributed by atoms with van der Waals surface area (Å²) >= 11 is 5.98. The number of halogens is 1. The molecule has 1 aliphatic carbocycles. The van der Waals surface area contributed by atoms with Crippen LogP contribution in [0.4, 0.5) is 0 Å². The molecule has 0 radical (unpaired) electrons. The Labute approximate surface area is 126 Å². The van der Waals surface area contributed by atoms with Crippen molar-refractivity contribution < 1.29 is 4.74 Å². The highest BCUT2D eigenvalue weighted by molar-refractivity contribution is 6.30. The molecule has 2 aliphatic rings. The summed E-state index contributed by atoms with van der Waals surface area (Å²) in [7, 11) is 0. The normalized spacial score (nSPS) is 21.9. The zero-order valence-electron chi connectivity index (χ0n) is 11.9. The van der Waals surface area contributed by atoms with Gasteiger partial charge in [-0.1, -0.05) is 23.7 Å². The average molecular weight is 295 g/mol. The maximum atomic E-state index is 5.98. The number of nitrogens with one attached hydrogen (secondary N) is 1. The largest absolute Gasteiger partial charge is 0.379 e. The lowest BCUT2D eigenvalue weighted by Gasteiger charge is -2.28. The second-order valence-corrected chi connectivity index (χ2v) is 6.21. The van der Waals surface area contributed by atoms with Crippen LogP contribution >= 0.6 is 11.6 Å². The van der Waals surface area contributed by atoms with Crippen molar-refractivity contribution in [1.82, 2.24) is 10.2 Å². The molecule has 1 atom stereocenters. The Balaban J connectivity index is 1.51. The first-order valence-corrected chi connectivity index (χ1v) is 8.00. The van der Waals surface area contributed by atoms with Gasteiger partial charge in [-0.3, -0.25) is 4.90 Å². The summed E-state index contributed by atoms with van der Waals surface area (Å²) in [5.41, 5.74) is 1.37. The summed E-state index contributed by atoms with van der Waals surface area (Å²) in [6.07, 6.45) is 2.69. The molecule has 1 aliphatic heterocycles. The van der Waals surface area contributed by atoms with Crippen molar-refractivity contribution in [3.05, 3.63) is 34.9 Å². The number of rotatable bonds is 6. The molecule has 1 heterocycles. The highest BCUT2D eigenvalue weighted by atomic mass is 35.5. The van der Waals surface area contributed by atoms with Gasteiger partial charge in [0.1, 0.15) is 0 Å². The first kappa shape index (κ1) is 14.3. The highest BCUT2D eigenvalue weighted by Gasteiger charge is 2.31. The molecular formula is C16H23ClN2O. The summed E-state index contributed by atoms with van der Waals surface area (Å²) in [5.74, 6) is 0.806. The third kappa shape index (κ3) is 3.95. The van der Waals surface area contributed by atoms with Gasteiger partial charge in [0.25, 0.3) is 0 Å². The summed E-state index contributed by atoms with van der Waals surface area (Å²) in [6.45, 7) is 6.05. The van der Waals surface area contributed by atoms with Crippen molar-refractivity contribution in [2.45, 2.75) is 18.9 Å². The molecule has 20 heavy (non-hydrogen) atoms. The number of hydrogen-bond acceptors (Lipinski definition) is 3. The SMILES string of the molecule is Clc1ccc(C(NCCN2CCOCC2)C2CC2)cc1.